The van der Waals surface area contributed by atoms with E-state index in [1.165, 1.54) is 12.1 Å². The monoisotopic (exact) mass is 271 g/mol. The standard InChI is InChI=1S/C15H10FNO3/c16-13-6-2-1-4-11(13)5-3-9-17-15(19)12-7-8-14(18)20-10-12/h1-2,4,6-8,10H,9H2,(H,17,19). The number of carbonyl (C=O) groups is 1. The minimum atomic E-state index is -0.527. The van der Waals surface area contributed by atoms with Gasteiger partial charge in [-0.15, -0.1) is 0 Å². The Bertz CT molecular complexity index is 720. The van der Waals surface area contributed by atoms with E-state index in [4.69, 9.17) is 0 Å². The van der Waals surface area contributed by atoms with E-state index in [2.05, 4.69) is 21.6 Å². The Hall–Kier alpha value is -2.87. The molecule has 2 rings (SSSR count). The van der Waals surface area contributed by atoms with Crippen LogP contribution in [-0.2, 0) is 0 Å². The summed E-state index contributed by atoms with van der Waals surface area (Å²) in [5, 5.41) is 2.51. The first-order chi connectivity index (χ1) is 9.66. The summed E-state index contributed by atoms with van der Waals surface area (Å²) in [6.07, 6.45) is 1.07. The zero-order valence-corrected chi connectivity index (χ0v) is 10.4. The normalized spacial score (nSPS) is 9.45. The van der Waals surface area contributed by atoms with Gasteiger partial charge in [0.05, 0.1) is 17.7 Å². The van der Waals surface area contributed by atoms with Crippen LogP contribution in [0.5, 0.6) is 0 Å². The molecule has 5 heteroatoms. The lowest BCUT2D eigenvalue weighted by Gasteiger charge is -1.99. The van der Waals surface area contributed by atoms with Crippen molar-refractivity contribution < 1.29 is 13.6 Å². The first-order valence-corrected chi connectivity index (χ1v) is 5.77. The van der Waals surface area contributed by atoms with Gasteiger partial charge in [-0.2, -0.15) is 0 Å². The fourth-order valence-corrected chi connectivity index (χ4v) is 1.42. The molecule has 0 atom stereocenters. The Morgan fingerprint density at radius 1 is 1.25 bits per heavy atom. The Morgan fingerprint density at radius 3 is 2.75 bits per heavy atom. The topological polar surface area (TPSA) is 59.3 Å². The number of amides is 1. The van der Waals surface area contributed by atoms with Crippen LogP contribution >= 0.6 is 0 Å². The number of benzene rings is 1. The molecule has 100 valence electrons. The average Bonchev–Trinajstić information content (AvgIpc) is 2.46. The molecule has 4 nitrogen and oxygen atoms in total. The number of carbonyl (C=O) groups excluding carboxylic acids is 1. The molecule has 1 aromatic heterocycles. The molecule has 1 N–H and O–H groups in total. The van der Waals surface area contributed by atoms with Crippen molar-refractivity contribution in [1.82, 2.24) is 5.32 Å². The minimum absolute atomic E-state index is 0.0618. The lowest BCUT2D eigenvalue weighted by molar-refractivity contribution is 0.0956. The van der Waals surface area contributed by atoms with Crippen LogP contribution in [0.1, 0.15) is 15.9 Å². The van der Waals surface area contributed by atoms with Crippen molar-refractivity contribution in [2.24, 2.45) is 0 Å². The van der Waals surface area contributed by atoms with Gasteiger partial charge in [0.2, 0.25) is 0 Å². The highest BCUT2D eigenvalue weighted by molar-refractivity contribution is 5.93. The van der Waals surface area contributed by atoms with Crippen LogP contribution in [0, 0.1) is 17.7 Å². The molecule has 0 unspecified atom stereocenters. The quantitative estimate of drug-likeness (QED) is 0.843. The molecule has 2 aromatic rings. The molecule has 0 saturated carbocycles. The second-order valence-electron chi connectivity index (χ2n) is 3.81. The molecule has 0 spiro atoms. The molecule has 1 aromatic carbocycles. The molecule has 0 aliphatic carbocycles. The molecule has 1 amide bonds. The average molecular weight is 271 g/mol. The van der Waals surface area contributed by atoms with Crippen molar-refractivity contribution in [3.8, 4) is 11.8 Å². The summed E-state index contributed by atoms with van der Waals surface area (Å²) in [6.45, 7) is 0.0618. The van der Waals surface area contributed by atoms with E-state index in [1.54, 1.807) is 18.2 Å². The first kappa shape index (κ1) is 13.6. The molecule has 1 heterocycles. The lowest BCUT2D eigenvalue weighted by Crippen LogP contribution is -2.23. The van der Waals surface area contributed by atoms with Crippen molar-refractivity contribution in [3.63, 3.8) is 0 Å². The van der Waals surface area contributed by atoms with Gasteiger partial charge in [-0.05, 0) is 18.2 Å². The number of hydrogen-bond donors (Lipinski definition) is 1. The third-order valence-corrected chi connectivity index (χ3v) is 2.40. The smallest absolute Gasteiger partial charge is 0.335 e. The zero-order chi connectivity index (χ0) is 14.4. The highest BCUT2D eigenvalue weighted by atomic mass is 19.1. The molecule has 0 radical (unpaired) electrons. The van der Waals surface area contributed by atoms with Crippen molar-refractivity contribution in [2.45, 2.75) is 0 Å². The number of rotatable bonds is 2. The van der Waals surface area contributed by atoms with Crippen molar-refractivity contribution in [1.29, 1.82) is 0 Å². The molecular weight excluding hydrogens is 261 g/mol. The summed E-state index contributed by atoms with van der Waals surface area (Å²) in [6, 6.07) is 8.62. The summed E-state index contributed by atoms with van der Waals surface area (Å²) in [5.41, 5.74) is -0.0364. The van der Waals surface area contributed by atoms with Crippen LogP contribution in [0.25, 0.3) is 0 Å². The molecule has 0 aliphatic rings. The molecular formula is C15H10FNO3. The number of hydrogen-bond acceptors (Lipinski definition) is 3. The summed E-state index contributed by atoms with van der Waals surface area (Å²) >= 11 is 0. The molecule has 0 bridgehead atoms. The summed E-state index contributed by atoms with van der Waals surface area (Å²) < 4.78 is 17.8. The lowest BCUT2D eigenvalue weighted by atomic mass is 10.2. The van der Waals surface area contributed by atoms with Gasteiger partial charge < -0.3 is 9.73 Å². The predicted octanol–water partition coefficient (Wildman–Crippen LogP) is 1.56. The number of nitrogens with one attached hydrogen (secondary N) is 1. The predicted molar refractivity (Wildman–Crippen MR) is 70.6 cm³/mol. The van der Waals surface area contributed by atoms with Crippen LogP contribution in [0.15, 0.2) is 51.9 Å². The summed E-state index contributed by atoms with van der Waals surface area (Å²) in [4.78, 5) is 22.4. The van der Waals surface area contributed by atoms with Crippen molar-refractivity contribution in [3.05, 3.63) is 70.0 Å². The number of halogens is 1. The van der Waals surface area contributed by atoms with Gasteiger partial charge in [0, 0.05) is 6.07 Å². The zero-order valence-electron chi connectivity index (χ0n) is 10.4. The van der Waals surface area contributed by atoms with Gasteiger partial charge in [0.25, 0.3) is 5.91 Å². The van der Waals surface area contributed by atoms with Crippen LogP contribution in [0.4, 0.5) is 4.39 Å². The maximum atomic E-state index is 13.2. The summed E-state index contributed by atoms with van der Waals surface area (Å²) in [5.74, 6) is 4.43. The SMILES string of the molecule is O=C(NCC#Cc1ccccc1F)c1ccc(=O)oc1. The Kier molecular flexibility index (Phi) is 4.30. The Morgan fingerprint density at radius 2 is 2.05 bits per heavy atom. The van der Waals surface area contributed by atoms with E-state index in [9.17, 15) is 14.0 Å². The highest BCUT2D eigenvalue weighted by Gasteiger charge is 2.04. The minimum Gasteiger partial charge on any atom is -0.430 e. The fourth-order valence-electron chi connectivity index (χ4n) is 1.42. The van der Waals surface area contributed by atoms with Gasteiger partial charge in [-0.1, -0.05) is 24.0 Å². The second-order valence-corrected chi connectivity index (χ2v) is 3.81. The maximum Gasteiger partial charge on any atom is 0.335 e. The fraction of sp³-hybridized carbons (Fsp3) is 0.0667. The third kappa shape index (κ3) is 3.56. The Balaban J connectivity index is 1.94. The van der Waals surface area contributed by atoms with Crippen molar-refractivity contribution in [2.75, 3.05) is 6.54 Å². The Labute approximate surface area is 114 Å². The largest absolute Gasteiger partial charge is 0.430 e. The molecule has 0 fully saturated rings. The van der Waals surface area contributed by atoms with Gasteiger partial charge >= 0.3 is 5.63 Å². The van der Waals surface area contributed by atoms with Crippen molar-refractivity contribution >= 4 is 5.91 Å². The molecule has 0 saturated heterocycles. The van der Waals surface area contributed by atoms with E-state index >= 15 is 0 Å². The van der Waals surface area contributed by atoms with Crippen LogP contribution in [0.2, 0.25) is 0 Å². The van der Waals surface area contributed by atoms with E-state index in [0.717, 1.165) is 12.3 Å². The van der Waals surface area contributed by atoms with Gasteiger partial charge in [0.15, 0.2) is 0 Å². The van der Waals surface area contributed by atoms with E-state index in [-0.39, 0.29) is 17.7 Å². The van der Waals surface area contributed by atoms with E-state index in [0.29, 0.717) is 0 Å². The third-order valence-electron chi connectivity index (χ3n) is 2.40. The molecule has 20 heavy (non-hydrogen) atoms. The van der Waals surface area contributed by atoms with E-state index in [1.807, 2.05) is 0 Å². The van der Waals surface area contributed by atoms with Crippen LogP contribution in [-0.4, -0.2) is 12.5 Å². The highest BCUT2D eigenvalue weighted by Crippen LogP contribution is 2.03. The van der Waals surface area contributed by atoms with Gasteiger partial charge in [0.1, 0.15) is 12.1 Å². The van der Waals surface area contributed by atoms with Gasteiger partial charge in [-0.3, -0.25) is 4.79 Å². The maximum absolute atomic E-state index is 13.2. The second kappa shape index (κ2) is 6.34. The molecule has 0 aliphatic heterocycles. The summed E-state index contributed by atoms with van der Waals surface area (Å²) in [7, 11) is 0. The van der Waals surface area contributed by atoms with Crippen LogP contribution in [0.3, 0.4) is 0 Å². The van der Waals surface area contributed by atoms with Crippen LogP contribution < -0.4 is 10.9 Å². The first-order valence-electron chi connectivity index (χ1n) is 5.77. The van der Waals surface area contributed by atoms with E-state index < -0.39 is 17.3 Å². The van der Waals surface area contributed by atoms with Gasteiger partial charge in [-0.25, -0.2) is 9.18 Å².